The molecule has 6 aromatic rings. The fourth-order valence-electron chi connectivity index (χ4n) is 10.7. The van der Waals surface area contributed by atoms with Crippen LogP contribution in [0.15, 0.2) is 103 Å². The zero-order valence-electron chi connectivity index (χ0n) is 55.8. The molecule has 0 aliphatic heterocycles. The highest BCUT2D eigenvalue weighted by molar-refractivity contribution is 6.08. The average molecular weight is 1370 g/mol. The molecule has 532 valence electrons. The molecule has 0 unspecified atom stereocenters. The first kappa shape index (κ1) is 77.3. The van der Waals surface area contributed by atoms with Crippen LogP contribution in [0, 0.1) is 0 Å². The Balaban J connectivity index is 1.20. The number of carbonyl (C=O) groups is 10. The number of carboxylic acids is 1. The number of benzene rings is 5. The normalized spacial score (nSPS) is 12.5. The maximum Gasteiger partial charge on any atom is 0.341 e. The van der Waals surface area contributed by atoms with Crippen molar-refractivity contribution in [3.63, 3.8) is 0 Å². The zero-order chi connectivity index (χ0) is 72.0. The van der Waals surface area contributed by atoms with E-state index >= 15 is 0 Å². The Morgan fingerprint density at radius 3 is 1.19 bits per heavy atom. The summed E-state index contributed by atoms with van der Waals surface area (Å²) in [7, 11) is 4.01. The van der Waals surface area contributed by atoms with Crippen LogP contribution in [-0.4, -0.2) is 154 Å². The van der Waals surface area contributed by atoms with Gasteiger partial charge < -0.3 is 106 Å². The number of primary amides is 1. The summed E-state index contributed by atoms with van der Waals surface area (Å²) in [5.41, 5.74) is 36.4. The summed E-state index contributed by atoms with van der Waals surface area (Å²) in [6.07, 6.45) is 7.09. The summed E-state index contributed by atoms with van der Waals surface area (Å²) in [6.45, 7) is 0.486. The van der Waals surface area contributed by atoms with E-state index < -0.39 is 96.0 Å². The molecule has 0 radical (unpaired) electrons. The number of hydrogen-bond donors (Lipinski definition) is 16. The molecule has 9 amide bonds. The number of unbranched alkanes of at least 4 members (excludes halogenated alkanes) is 5. The van der Waals surface area contributed by atoms with Gasteiger partial charge in [0.15, 0.2) is 6.61 Å². The molecule has 5 atom stereocenters. The summed E-state index contributed by atoms with van der Waals surface area (Å²) in [5, 5.41) is 32.3. The van der Waals surface area contributed by atoms with Crippen LogP contribution >= 0.6 is 0 Å². The summed E-state index contributed by atoms with van der Waals surface area (Å²) in [4.78, 5) is 140. The number of ether oxygens (including phenoxy) is 4. The highest BCUT2D eigenvalue weighted by Gasteiger charge is 2.30. The Morgan fingerprint density at radius 2 is 0.798 bits per heavy atom. The summed E-state index contributed by atoms with van der Waals surface area (Å²) in [6, 6.07) is 18.4. The first-order valence-electron chi connectivity index (χ1n) is 32.6. The molecule has 0 bridgehead atoms. The standard InChI is InChI=1S/C69H91N15O15/c1-96-56-25-21-41(77-66(92)50(74)16-8-12-30-71)34-46(56)62(88)81-53(19-9-13-31-72)68(94)79-42-22-26-57(97-2)47(35-42)63(89)82-54(20-10-14-32-73)69(95)80-44-24-28-59(99-39-60(85)86)49(37-44)65(91)83-52(18-5-4-11-29-70)67(93)78-43-23-27-58(98-3)48(36-43)64(90)84-55(61(75)87)33-40-38-76-51-17-7-6-15-45(40)51/h6-7,15,17,21-28,34-38,50,52-55,76H,4-5,8-14,16,18-20,29-33,39,70-74H2,1-3H3,(H2,75,87)(H,77,92)(H,78,93)(H,79,94)(H,80,95)(H,81,88)(H,82,89)(H,83,91)(H,84,90)(H,85,86)/t50-,52-,53-,54-,55-/m0/s1. The van der Waals surface area contributed by atoms with Crippen LogP contribution < -0.4 is 95.9 Å². The number of carboxylic acid groups (broad SMARTS) is 1. The molecule has 6 rings (SSSR count). The van der Waals surface area contributed by atoms with E-state index in [1.807, 2.05) is 24.3 Å². The van der Waals surface area contributed by atoms with E-state index in [1.165, 1.54) is 88.1 Å². The number of carbonyl (C=O) groups excluding carboxylic acids is 9. The van der Waals surface area contributed by atoms with E-state index in [-0.39, 0.29) is 100 Å². The largest absolute Gasteiger partial charge is 0.496 e. The fraction of sp³-hybridized carbons (Fsp3) is 0.391. The third kappa shape index (κ3) is 23.3. The number of anilines is 4. The first-order valence-corrected chi connectivity index (χ1v) is 32.6. The van der Waals surface area contributed by atoms with Crippen molar-refractivity contribution >= 4 is 92.8 Å². The van der Waals surface area contributed by atoms with Crippen molar-refractivity contribution in [2.24, 2.45) is 34.4 Å². The quantitative estimate of drug-likeness (QED) is 0.0242. The number of methoxy groups -OCH3 is 3. The van der Waals surface area contributed by atoms with Crippen molar-refractivity contribution < 1.29 is 72.0 Å². The lowest BCUT2D eigenvalue weighted by atomic mass is 10.0. The molecule has 0 saturated carbocycles. The van der Waals surface area contributed by atoms with Gasteiger partial charge in [0.05, 0.1) is 49.6 Å². The Labute approximate surface area is 572 Å². The van der Waals surface area contributed by atoms with Gasteiger partial charge in [-0.05, 0) is 175 Å². The van der Waals surface area contributed by atoms with Gasteiger partial charge in [-0.15, -0.1) is 0 Å². The van der Waals surface area contributed by atoms with Crippen molar-refractivity contribution in [1.29, 1.82) is 0 Å². The molecule has 0 aliphatic rings. The van der Waals surface area contributed by atoms with Crippen LogP contribution in [0.2, 0.25) is 0 Å². The molecular weight excluding hydrogens is 1280 g/mol. The van der Waals surface area contributed by atoms with Gasteiger partial charge in [-0.3, -0.25) is 43.2 Å². The van der Waals surface area contributed by atoms with E-state index in [9.17, 15) is 53.1 Å². The van der Waals surface area contributed by atoms with Crippen LogP contribution in [0.3, 0.4) is 0 Å². The van der Waals surface area contributed by atoms with Gasteiger partial charge in [-0.2, -0.15) is 0 Å². The molecule has 0 fully saturated rings. The van der Waals surface area contributed by atoms with Crippen LogP contribution in [0.25, 0.3) is 10.9 Å². The topological polar surface area (TPSA) is 496 Å². The van der Waals surface area contributed by atoms with Gasteiger partial charge in [0, 0.05) is 46.3 Å². The zero-order valence-corrected chi connectivity index (χ0v) is 55.8. The van der Waals surface area contributed by atoms with Crippen molar-refractivity contribution in [2.45, 2.75) is 120 Å². The second-order valence-corrected chi connectivity index (χ2v) is 23.3. The molecule has 30 nitrogen and oxygen atoms in total. The SMILES string of the molecule is COc1ccc(NC(=O)[C@H](CCCCCN)NC(=O)c2cc(NC(=O)[C@H](CCCCN)NC(=O)c3cc(NC(=O)[C@H](CCCCN)NC(=O)c4cc(NC(=O)[C@@H](N)CCCCN)ccc4OC)ccc3OC)ccc2OCC(=O)O)cc1C(=O)N[C@@H](Cc1c[nH]c2ccccc12)C(N)=O. The van der Waals surface area contributed by atoms with Gasteiger partial charge >= 0.3 is 5.97 Å². The third-order valence-corrected chi connectivity index (χ3v) is 16.0. The van der Waals surface area contributed by atoms with E-state index in [0.29, 0.717) is 83.8 Å². The minimum atomic E-state index is -1.38. The van der Waals surface area contributed by atoms with Gasteiger partial charge in [0.25, 0.3) is 23.6 Å². The lowest BCUT2D eigenvalue weighted by molar-refractivity contribution is -0.139. The monoisotopic (exact) mass is 1370 g/mol. The van der Waals surface area contributed by atoms with E-state index in [4.69, 9.17) is 53.3 Å². The van der Waals surface area contributed by atoms with Crippen molar-refractivity contribution in [1.82, 2.24) is 26.3 Å². The van der Waals surface area contributed by atoms with E-state index in [2.05, 4.69) is 47.5 Å². The van der Waals surface area contributed by atoms with Crippen LogP contribution in [-0.2, 0) is 35.2 Å². The number of fused-ring (bicyclic) bond motifs is 1. The smallest absolute Gasteiger partial charge is 0.341 e. The fourth-order valence-corrected chi connectivity index (χ4v) is 10.7. The Bertz CT molecular complexity index is 3790. The molecule has 5 aromatic carbocycles. The maximum absolute atomic E-state index is 14.5. The number of nitrogens with one attached hydrogen (secondary N) is 9. The highest BCUT2D eigenvalue weighted by Crippen LogP contribution is 2.29. The van der Waals surface area contributed by atoms with Gasteiger partial charge in [-0.1, -0.05) is 37.5 Å². The molecule has 30 heteroatoms. The maximum atomic E-state index is 14.5. The molecule has 0 spiro atoms. The lowest BCUT2D eigenvalue weighted by Gasteiger charge is -2.22. The van der Waals surface area contributed by atoms with E-state index in [1.54, 1.807) is 12.3 Å². The lowest BCUT2D eigenvalue weighted by Crippen LogP contribution is -2.46. The molecule has 99 heavy (non-hydrogen) atoms. The van der Waals surface area contributed by atoms with Crippen LogP contribution in [0.4, 0.5) is 22.7 Å². The number of aromatic nitrogens is 1. The summed E-state index contributed by atoms with van der Waals surface area (Å²) in [5.74, 6) is -7.93. The predicted octanol–water partition coefficient (Wildman–Crippen LogP) is 3.87. The van der Waals surface area contributed by atoms with Crippen molar-refractivity contribution in [2.75, 3.05) is 75.4 Å². The molecule has 0 aliphatic carbocycles. The second-order valence-electron chi connectivity index (χ2n) is 23.3. The number of aromatic amines is 1. The molecule has 22 N–H and O–H groups in total. The number of aliphatic carboxylic acids is 1. The highest BCUT2D eigenvalue weighted by atomic mass is 16.5. The van der Waals surface area contributed by atoms with Crippen molar-refractivity contribution in [3.8, 4) is 23.0 Å². The van der Waals surface area contributed by atoms with E-state index in [0.717, 1.165) is 16.5 Å². The van der Waals surface area contributed by atoms with Crippen LogP contribution in [0.5, 0.6) is 23.0 Å². The first-order chi connectivity index (χ1) is 47.6. The van der Waals surface area contributed by atoms with Gasteiger partial charge in [-0.25, -0.2) is 4.79 Å². The molecule has 1 aromatic heterocycles. The van der Waals surface area contributed by atoms with Crippen molar-refractivity contribution in [3.05, 3.63) is 131 Å². The number of amides is 9. The number of H-pyrrole nitrogens is 1. The number of para-hydroxylation sites is 1. The number of nitrogens with two attached hydrogens (primary N) is 6. The third-order valence-electron chi connectivity index (χ3n) is 16.0. The number of hydrogen-bond acceptors (Lipinski definition) is 19. The Kier molecular flexibility index (Phi) is 30.9. The Hall–Kier alpha value is -10.7. The predicted molar refractivity (Wildman–Crippen MR) is 374 cm³/mol. The molecular formula is C69H91N15O15. The molecule has 1 heterocycles. The van der Waals surface area contributed by atoms with Gasteiger partial charge in [0.2, 0.25) is 29.5 Å². The molecule has 0 saturated heterocycles. The summed E-state index contributed by atoms with van der Waals surface area (Å²) < 4.78 is 22.1. The second kappa shape index (κ2) is 39.5. The number of rotatable bonds is 42. The average Bonchev–Trinajstić information content (AvgIpc) is 1.82. The summed E-state index contributed by atoms with van der Waals surface area (Å²) >= 11 is 0. The van der Waals surface area contributed by atoms with Crippen LogP contribution in [0.1, 0.15) is 130 Å². The minimum absolute atomic E-state index is 0.00606. The minimum Gasteiger partial charge on any atom is -0.496 e. The Morgan fingerprint density at radius 1 is 0.444 bits per heavy atom. The van der Waals surface area contributed by atoms with Gasteiger partial charge in [0.1, 0.15) is 47.2 Å².